The second-order valence-corrected chi connectivity index (χ2v) is 8.97. The number of nitro groups is 1. The first kappa shape index (κ1) is 22.9. The molecule has 2 aliphatic rings. The number of aromatic nitrogens is 1. The Balaban J connectivity index is 1.97. The molecule has 1 aromatic rings. The van der Waals surface area contributed by atoms with Crippen LogP contribution in [0.15, 0.2) is 6.20 Å². The third-order valence-corrected chi connectivity index (χ3v) is 5.39. The smallest absolute Gasteiger partial charge is 0.407 e. The molecule has 1 aliphatic carbocycles. The second kappa shape index (κ2) is 8.04. The second-order valence-electron chi connectivity index (χ2n) is 8.97. The van der Waals surface area contributed by atoms with Gasteiger partial charge in [0.15, 0.2) is 0 Å². The molecule has 1 aromatic heterocycles. The van der Waals surface area contributed by atoms with E-state index < -0.39 is 47.0 Å². The van der Waals surface area contributed by atoms with Crippen molar-refractivity contribution in [2.24, 2.45) is 5.92 Å². The standard InChI is InChI=1S/C19H25F3N4O5/c1-18(2,3)31-17(27)23-12-7-11(19(20,21)22)8-24(9-12)16-13-5-4-6-14(13)25(28)10-15(16)26(29)30/h10-12H,4-9H2,1-3H3,(H-,23,27,28)/p+1/t11-,12+/m1/s1. The van der Waals surface area contributed by atoms with Crippen LogP contribution in [0, 0.1) is 16.0 Å². The fraction of sp³-hybridized carbons (Fsp3) is 0.684. The number of alkyl halides is 3. The molecule has 3 rings (SSSR count). The minimum Gasteiger partial charge on any atom is -0.444 e. The van der Waals surface area contributed by atoms with Crippen LogP contribution in [0.5, 0.6) is 0 Å². The summed E-state index contributed by atoms with van der Waals surface area (Å²) >= 11 is 0. The molecule has 0 bridgehead atoms. The minimum absolute atomic E-state index is 0.0471. The van der Waals surface area contributed by atoms with Crippen LogP contribution in [0.2, 0.25) is 0 Å². The maximum absolute atomic E-state index is 13.7. The Morgan fingerprint density at radius 3 is 2.58 bits per heavy atom. The number of amides is 1. The van der Waals surface area contributed by atoms with E-state index in [2.05, 4.69) is 5.32 Å². The number of ether oxygens (including phenoxy) is 1. The number of nitrogens with zero attached hydrogens (tertiary/aromatic N) is 3. The van der Waals surface area contributed by atoms with Gasteiger partial charge in [-0.15, -0.1) is 0 Å². The van der Waals surface area contributed by atoms with Crippen molar-refractivity contribution in [3.63, 3.8) is 0 Å². The third kappa shape index (κ3) is 5.10. The Hall–Kier alpha value is -2.79. The van der Waals surface area contributed by atoms with Crippen molar-refractivity contribution < 1.29 is 37.6 Å². The largest absolute Gasteiger partial charge is 0.444 e. The fourth-order valence-corrected chi connectivity index (χ4v) is 4.23. The van der Waals surface area contributed by atoms with Crippen molar-refractivity contribution in [3.05, 3.63) is 27.6 Å². The van der Waals surface area contributed by atoms with E-state index in [-0.39, 0.29) is 18.7 Å². The number of hydrogen-bond acceptors (Lipinski definition) is 6. The molecule has 12 heteroatoms. The highest BCUT2D eigenvalue weighted by molar-refractivity contribution is 5.70. The molecule has 31 heavy (non-hydrogen) atoms. The lowest BCUT2D eigenvalue weighted by atomic mass is 9.92. The molecule has 1 aliphatic heterocycles. The van der Waals surface area contributed by atoms with Gasteiger partial charge < -0.3 is 15.0 Å². The van der Waals surface area contributed by atoms with Crippen LogP contribution in [0.25, 0.3) is 0 Å². The van der Waals surface area contributed by atoms with Crippen LogP contribution >= 0.6 is 0 Å². The molecule has 0 unspecified atom stereocenters. The SMILES string of the molecule is CC(C)(C)OC(=O)N[C@H]1C[C@@H](C(F)(F)F)CN(c2c([N+](=O)[O-])c[n+](O)c3c2CCC3)C1. The Bertz CT molecular complexity index is 885. The number of nitrogens with one attached hydrogen (secondary N) is 1. The van der Waals surface area contributed by atoms with Crippen molar-refractivity contribution >= 4 is 17.5 Å². The zero-order valence-corrected chi connectivity index (χ0v) is 17.5. The number of carbonyl (C=O) groups excluding carboxylic acids is 1. The predicted molar refractivity (Wildman–Crippen MR) is 102 cm³/mol. The molecule has 1 saturated heterocycles. The molecule has 172 valence electrons. The van der Waals surface area contributed by atoms with Crippen molar-refractivity contribution in [3.8, 4) is 0 Å². The quantitative estimate of drug-likeness (QED) is 0.319. The van der Waals surface area contributed by atoms with E-state index in [0.29, 0.717) is 35.3 Å². The van der Waals surface area contributed by atoms with Gasteiger partial charge in [-0.2, -0.15) is 13.2 Å². The maximum atomic E-state index is 13.7. The van der Waals surface area contributed by atoms with Gasteiger partial charge >= 0.3 is 24.2 Å². The Morgan fingerprint density at radius 1 is 1.32 bits per heavy atom. The highest BCUT2D eigenvalue weighted by atomic mass is 19.4. The van der Waals surface area contributed by atoms with Gasteiger partial charge in [0.2, 0.25) is 5.69 Å². The summed E-state index contributed by atoms with van der Waals surface area (Å²) in [4.78, 5) is 24.4. The molecule has 9 nitrogen and oxygen atoms in total. The molecule has 2 N–H and O–H groups in total. The molecular weight excluding hydrogens is 421 g/mol. The predicted octanol–water partition coefficient (Wildman–Crippen LogP) is 2.89. The van der Waals surface area contributed by atoms with Crippen molar-refractivity contribution in [1.82, 2.24) is 5.32 Å². The van der Waals surface area contributed by atoms with Crippen LogP contribution in [0.4, 0.5) is 29.3 Å². The van der Waals surface area contributed by atoms with E-state index in [1.807, 2.05) is 0 Å². The van der Waals surface area contributed by atoms with E-state index >= 15 is 0 Å². The van der Waals surface area contributed by atoms with Gasteiger partial charge in [0.1, 0.15) is 11.3 Å². The van der Waals surface area contributed by atoms with Gasteiger partial charge in [-0.05, 0) is 40.0 Å². The lowest BCUT2D eigenvalue weighted by molar-refractivity contribution is -0.910. The van der Waals surface area contributed by atoms with Gasteiger partial charge in [-0.3, -0.25) is 15.3 Å². The molecule has 2 heterocycles. The fourth-order valence-electron chi connectivity index (χ4n) is 4.23. The molecule has 0 saturated carbocycles. The number of anilines is 1. The number of alkyl carbamates (subject to hydrolysis) is 1. The molecule has 2 atom stereocenters. The van der Waals surface area contributed by atoms with Crippen LogP contribution in [-0.2, 0) is 17.6 Å². The summed E-state index contributed by atoms with van der Waals surface area (Å²) in [7, 11) is 0. The Morgan fingerprint density at radius 2 is 2.00 bits per heavy atom. The summed E-state index contributed by atoms with van der Waals surface area (Å²) in [5.41, 5.74) is -0.299. The van der Waals surface area contributed by atoms with Crippen LogP contribution < -0.4 is 14.9 Å². The molecule has 0 aromatic carbocycles. The summed E-state index contributed by atoms with van der Waals surface area (Å²) < 4.78 is 46.8. The van der Waals surface area contributed by atoms with Gasteiger partial charge in [0, 0.05) is 24.2 Å². The summed E-state index contributed by atoms with van der Waals surface area (Å²) in [5, 5.41) is 24.2. The zero-order valence-electron chi connectivity index (χ0n) is 17.5. The number of pyridine rings is 1. The van der Waals surface area contributed by atoms with Crippen molar-refractivity contribution in [2.75, 3.05) is 18.0 Å². The van der Waals surface area contributed by atoms with Crippen molar-refractivity contribution in [1.29, 1.82) is 0 Å². The summed E-state index contributed by atoms with van der Waals surface area (Å²) in [6, 6.07) is -0.923. The van der Waals surface area contributed by atoms with Crippen LogP contribution in [-0.4, -0.2) is 47.1 Å². The van der Waals surface area contributed by atoms with Crippen LogP contribution in [0.1, 0.15) is 44.9 Å². The van der Waals surface area contributed by atoms with Gasteiger partial charge in [-0.1, -0.05) is 0 Å². The Kier molecular flexibility index (Phi) is 5.94. The molecular formula is C19H26F3N4O5+. The average molecular weight is 447 g/mol. The van der Waals surface area contributed by atoms with Gasteiger partial charge in [0.25, 0.3) is 0 Å². The van der Waals surface area contributed by atoms with E-state index in [9.17, 15) is 33.3 Å². The number of piperidine rings is 1. The highest BCUT2D eigenvalue weighted by Gasteiger charge is 2.47. The minimum atomic E-state index is -4.55. The molecule has 0 spiro atoms. The molecule has 0 radical (unpaired) electrons. The first-order valence-electron chi connectivity index (χ1n) is 10.0. The Labute approximate surface area is 176 Å². The lowest BCUT2D eigenvalue weighted by Gasteiger charge is -2.40. The number of rotatable bonds is 3. The summed E-state index contributed by atoms with van der Waals surface area (Å²) in [5.74, 6) is -1.79. The molecule has 1 fully saturated rings. The maximum Gasteiger partial charge on any atom is 0.407 e. The van der Waals surface area contributed by atoms with E-state index in [1.165, 1.54) is 4.90 Å². The van der Waals surface area contributed by atoms with Crippen molar-refractivity contribution in [2.45, 2.75) is 64.3 Å². The van der Waals surface area contributed by atoms with Gasteiger partial charge in [0.05, 0.1) is 22.4 Å². The topological polar surface area (TPSA) is 109 Å². The third-order valence-electron chi connectivity index (χ3n) is 5.39. The average Bonchev–Trinajstić information content (AvgIpc) is 3.08. The first-order chi connectivity index (χ1) is 14.3. The zero-order chi connectivity index (χ0) is 23.1. The number of fused-ring (bicyclic) bond motifs is 1. The summed E-state index contributed by atoms with van der Waals surface area (Å²) in [6.45, 7) is 4.39. The van der Waals surface area contributed by atoms with E-state index in [1.54, 1.807) is 20.8 Å². The monoisotopic (exact) mass is 447 g/mol. The van der Waals surface area contributed by atoms with Gasteiger partial charge in [-0.25, -0.2) is 4.79 Å². The number of carbonyl (C=O) groups is 1. The highest BCUT2D eigenvalue weighted by Crippen LogP contribution is 2.41. The normalized spacial score (nSPS) is 21.5. The van der Waals surface area contributed by atoms with E-state index in [4.69, 9.17) is 4.74 Å². The summed E-state index contributed by atoms with van der Waals surface area (Å²) in [6.07, 6.45) is -3.33. The molecule has 1 amide bonds. The lowest BCUT2D eigenvalue weighted by Crippen LogP contribution is -2.55. The number of hydrogen-bond donors (Lipinski definition) is 2. The first-order valence-corrected chi connectivity index (χ1v) is 10.0. The van der Waals surface area contributed by atoms with E-state index in [0.717, 1.165) is 6.20 Å². The number of halogens is 3. The van der Waals surface area contributed by atoms with Crippen LogP contribution in [0.3, 0.4) is 0 Å².